The summed E-state index contributed by atoms with van der Waals surface area (Å²) in [5.74, 6) is 0. The van der Waals surface area contributed by atoms with Gasteiger partial charge in [-0.25, -0.2) is 4.79 Å². The van der Waals surface area contributed by atoms with Gasteiger partial charge in [0, 0.05) is 58.0 Å². The second-order valence-corrected chi connectivity index (χ2v) is 8.92. The van der Waals surface area contributed by atoms with Crippen LogP contribution in [0.25, 0.3) is 0 Å². The Morgan fingerprint density at radius 2 is 1.62 bits per heavy atom. The molecule has 0 spiro atoms. The smallest absolute Gasteiger partial charge is 0.409 e. The summed E-state index contributed by atoms with van der Waals surface area (Å²) in [6.07, 6.45) is 0.333. The number of carbonyl (C=O) groups is 1. The fourth-order valence-electron chi connectivity index (χ4n) is 3.61. The van der Waals surface area contributed by atoms with Crippen LogP contribution in [0.2, 0.25) is 0 Å². The number of nitriles is 1. The third-order valence-electron chi connectivity index (χ3n) is 5.23. The summed E-state index contributed by atoms with van der Waals surface area (Å²) < 4.78 is 34.2. The summed E-state index contributed by atoms with van der Waals surface area (Å²) in [5, 5.41) is 8.94. The number of carbonyl (C=O) groups excluding carboxylic acids is 1. The van der Waals surface area contributed by atoms with E-state index in [2.05, 4.69) is 11.0 Å². The molecular formula is C19H27N5O4S. The first-order valence-electron chi connectivity index (χ1n) is 9.87. The highest BCUT2D eigenvalue weighted by atomic mass is 32.2. The molecule has 0 atom stereocenters. The molecule has 1 aromatic rings. The van der Waals surface area contributed by atoms with E-state index in [1.54, 1.807) is 24.0 Å². The number of piperazine rings is 1. The van der Waals surface area contributed by atoms with Crippen LogP contribution in [-0.2, 0) is 14.9 Å². The molecule has 0 N–H and O–H groups in total. The number of hydrogen-bond acceptors (Lipinski definition) is 6. The third-order valence-corrected chi connectivity index (χ3v) is 7.27. The standard InChI is InChI=1S/C19H27N5O4S/c1-2-28-19(25)22-11-14-24(15-12-22)29(26,27)23-9-3-8-21(10-13-23)18-6-4-17(16-20)5-7-18/h4-7H,2-3,8-15H2,1H3. The third kappa shape index (κ3) is 4.98. The van der Waals surface area contributed by atoms with Crippen molar-refractivity contribution in [1.82, 2.24) is 13.5 Å². The average Bonchev–Trinajstić information content (AvgIpc) is 3.01. The number of ether oxygens (including phenoxy) is 1. The Hall–Kier alpha value is -2.35. The first-order chi connectivity index (χ1) is 14.0. The Morgan fingerprint density at radius 1 is 1.00 bits per heavy atom. The zero-order chi connectivity index (χ0) is 20.9. The molecule has 0 saturated carbocycles. The maximum atomic E-state index is 13.1. The molecule has 0 bridgehead atoms. The van der Waals surface area contributed by atoms with Crippen molar-refractivity contribution in [3.05, 3.63) is 29.8 Å². The van der Waals surface area contributed by atoms with Crippen LogP contribution in [0.15, 0.2) is 24.3 Å². The van der Waals surface area contributed by atoms with Crippen molar-refractivity contribution in [2.24, 2.45) is 0 Å². The predicted octanol–water partition coefficient (Wildman–Crippen LogP) is 1.09. The lowest BCUT2D eigenvalue weighted by Gasteiger charge is -2.36. The fourth-order valence-corrected chi connectivity index (χ4v) is 5.23. The van der Waals surface area contributed by atoms with Crippen molar-refractivity contribution in [3.8, 4) is 6.07 Å². The zero-order valence-electron chi connectivity index (χ0n) is 16.7. The number of anilines is 1. The monoisotopic (exact) mass is 421 g/mol. The van der Waals surface area contributed by atoms with Gasteiger partial charge in [-0.2, -0.15) is 22.3 Å². The highest BCUT2D eigenvalue weighted by Gasteiger charge is 2.34. The number of amides is 1. The molecule has 2 fully saturated rings. The van der Waals surface area contributed by atoms with E-state index in [1.165, 1.54) is 8.61 Å². The Labute approximate surface area is 172 Å². The summed E-state index contributed by atoms with van der Waals surface area (Å²) in [7, 11) is -3.57. The molecule has 2 saturated heterocycles. The van der Waals surface area contributed by atoms with Crippen LogP contribution < -0.4 is 4.90 Å². The Morgan fingerprint density at radius 3 is 2.24 bits per heavy atom. The van der Waals surface area contributed by atoms with Gasteiger partial charge in [-0.1, -0.05) is 0 Å². The minimum Gasteiger partial charge on any atom is -0.450 e. The van der Waals surface area contributed by atoms with Gasteiger partial charge in [0.15, 0.2) is 0 Å². The van der Waals surface area contributed by atoms with Crippen LogP contribution >= 0.6 is 0 Å². The molecule has 3 rings (SSSR count). The van der Waals surface area contributed by atoms with Crippen LogP contribution in [0, 0.1) is 11.3 Å². The first kappa shape index (κ1) is 21.4. The lowest BCUT2D eigenvalue weighted by Crippen LogP contribution is -2.54. The SMILES string of the molecule is CCOC(=O)N1CCN(S(=O)(=O)N2CCCN(c3ccc(C#N)cc3)CC2)CC1. The molecule has 2 heterocycles. The van der Waals surface area contributed by atoms with Crippen molar-refractivity contribution in [2.75, 3.05) is 63.9 Å². The summed E-state index contributed by atoms with van der Waals surface area (Å²) in [5.41, 5.74) is 1.60. The summed E-state index contributed by atoms with van der Waals surface area (Å²) >= 11 is 0. The van der Waals surface area contributed by atoms with Crippen LogP contribution in [0.3, 0.4) is 0 Å². The van der Waals surface area contributed by atoms with E-state index in [1.807, 2.05) is 12.1 Å². The number of nitrogens with zero attached hydrogens (tertiary/aromatic N) is 5. The molecular weight excluding hydrogens is 394 g/mol. The zero-order valence-corrected chi connectivity index (χ0v) is 17.5. The molecule has 158 valence electrons. The maximum absolute atomic E-state index is 13.1. The van der Waals surface area contributed by atoms with E-state index in [0.29, 0.717) is 44.9 Å². The average molecular weight is 422 g/mol. The molecule has 29 heavy (non-hydrogen) atoms. The second-order valence-electron chi connectivity index (χ2n) is 6.99. The van der Waals surface area contributed by atoms with Gasteiger partial charge in [-0.3, -0.25) is 0 Å². The molecule has 1 aromatic carbocycles. The summed E-state index contributed by atoms with van der Waals surface area (Å²) in [4.78, 5) is 15.5. The topological polar surface area (TPSA) is 97.2 Å². The summed E-state index contributed by atoms with van der Waals surface area (Å²) in [6.45, 7) is 5.50. The number of hydrogen-bond donors (Lipinski definition) is 0. The summed E-state index contributed by atoms with van der Waals surface area (Å²) in [6, 6.07) is 9.46. The Balaban J connectivity index is 1.59. The predicted molar refractivity (Wildman–Crippen MR) is 109 cm³/mol. The maximum Gasteiger partial charge on any atom is 0.409 e. The molecule has 2 aliphatic rings. The largest absolute Gasteiger partial charge is 0.450 e. The van der Waals surface area contributed by atoms with Crippen LogP contribution in [-0.4, -0.2) is 87.0 Å². The van der Waals surface area contributed by atoms with E-state index in [-0.39, 0.29) is 13.1 Å². The Bertz CT molecular complexity index is 844. The molecule has 0 radical (unpaired) electrons. The normalized spacial score (nSPS) is 19.4. The molecule has 0 aliphatic carbocycles. The van der Waals surface area contributed by atoms with Crippen LogP contribution in [0.5, 0.6) is 0 Å². The minimum absolute atomic E-state index is 0.275. The van der Waals surface area contributed by atoms with E-state index < -0.39 is 16.3 Å². The molecule has 9 nitrogen and oxygen atoms in total. The second kappa shape index (κ2) is 9.43. The van der Waals surface area contributed by atoms with Crippen molar-refractivity contribution < 1.29 is 17.9 Å². The van der Waals surface area contributed by atoms with Gasteiger partial charge in [0.1, 0.15) is 0 Å². The van der Waals surface area contributed by atoms with Gasteiger partial charge >= 0.3 is 6.09 Å². The molecule has 0 unspecified atom stereocenters. The van der Waals surface area contributed by atoms with Crippen LogP contribution in [0.1, 0.15) is 18.9 Å². The van der Waals surface area contributed by atoms with Gasteiger partial charge in [-0.05, 0) is 37.6 Å². The van der Waals surface area contributed by atoms with Crippen molar-refractivity contribution in [1.29, 1.82) is 5.26 Å². The van der Waals surface area contributed by atoms with E-state index in [0.717, 1.165) is 18.7 Å². The van der Waals surface area contributed by atoms with Crippen molar-refractivity contribution in [2.45, 2.75) is 13.3 Å². The molecule has 10 heteroatoms. The van der Waals surface area contributed by atoms with Gasteiger partial charge in [-0.15, -0.1) is 0 Å². The van der Waals surface area contributed by atoms with E-state index >= 15 is 0 Å². The quantitative estimate of drug-likeness (QED) is 0.722. The highest BCUT2D eigenvalue weighted by Crippen LogP contribution is 2.20. The number of benzene rings is 1. The fraction of sp³-hybridized carbons (Fsp3) is 0.579. The van der Waals surface area contributed by atoms with Gasteiger partial charge in [0.05, 0.1) is 18.2 Å². The lowest BCUT2D eigenvalue weighted by molar-refractivity contribution is 0.0924. The van der Waals surface area contributed by atoms with E-state index in [4.69, 9.17) is 10.00 Å². The van der Waals surface area contributed by atoms with E-state index in [9.17, 15) is 13.2 Å². The molecule has 2 aliphatic heterocycles. The molecule has 0 aromatic heterocycles. The van der Waals surface area contributed by atoms with Gasteiger partial charge in [0.2, 0.25) is 0 Å². The van der Waals surface area contributed by atoms with Gasteiger partial charge in [0.25, 0.3) is 10.2 Å². The van der Waals surface area contributed by atoms with Gasteiger partial charge < -0.3 is 14.5 Å². The van der Waals surface area contributed by atoms with Crippen molar-refractivity contribution >= 4 is 22.0 Å². The Kier molecular flexibility index (Phi) is 6.95. The lowest BCUT2D eigenvalue weighted by atomic mass is 10.2. The molecule has 1 amide bonds. The number of rotatable bonds is 4. The minimum atomic E-state index is -3.57. The first-order valence-corrected chi connectivity index (χ1v) is 11.3. The van der Waals surface area contributed by atoms with Crippen LogP contribution in [0.4, 0.5) is 10.5 Å². The highest BCUT2D eigenvalue weighted by molar-refractivity contribution is 7.86. The van der Waals surface area contributed by atoms with Crippen molar-refractivity contribution in [3.63, 3.8) is 0 Å².